The van der Waals surface area contributed by atoms with E-state index in [0.717, 1.165) is 17.4 Å². The van der Waals surface area contributed by atoms with Crippen LogP contribution in [-0.4, -0.2) is 42.9 Å². The summed E-state index contributed by atoms with van der Waals surface area (Å²) < 4.78 is 13.7. The second-order valence-corrected chi connectivity index (χ2v) is 5.62. The number of amides is 1. The zero-order valence-electron chi connectivity index (χ0n) is 11.2. The molecule has 1 aromatic heterocycles. The summed E-state index contributed by atoms with van der Waals surface area (Å²) in [6, 6.07) is 1.82. The summed E-state index contributed by atoms with van der Waals surface area (Å²) in [4.78, 5) is 12.2. The number of aromatic nitrogens is 1. The molecule has 1 unspecified atom stereocenters. The average molecular weight is 331 g/mol. The van der Waals surface area contributed by atoms with Gasteiger partial charge in [-0.15, -0.1) is 0 Å². The number of halogens is 1. The minimum absolute atomic E-state index is 0.0872. The van der Waals surface area contributed by atoms with Gasteiger partial charge in [-0.1, -0.05) is 0 Å². The first kappa shape index (κ1) is 14.6. The first-order chi connectivity index (χ1) is 9.10. The lowest BCUT2D eigenvalue weighted by Crippen LogP contribution is -2.45. The van der Waals surface area contributed by atoms with Crippen LogP contribution in [0.2, 0.25) is 0 Å². The van der Waals surface area contributed by atoms with Gasteiger partial charge in [-0.2, -0.15) is 0 Å². The van der Waals surface area contributed by atoms with Crippen molar-refractivity contribution < 1.29 is 14.3 Å². The minimum Gasteiger partial charge on any atom is -0.378 e. The quantitative estimate of drug-likeness (QED) is 0.895. The molecule has 19 heavy (non-hydrogen) atoms. The number of hydrogen-bond acceptors (Lipinski definition) is 3. The molecule has 1 fully saturated rings. The third-order valence-corrected chi connectivity index (χ3v) is 3.94. The Morgan fingerprint density at radius 2 is 2.47 bits per heavy atom. The number of methoxy groups -OCH3 is 1. The molecule has 1 atom stereocenters. The monoisotopic (exact) mass is 330 g/mol. The number of carbonyl (C=O) groups is 1. The molecule has 106 valence electrons. The molecule has 1 N–H and O–H groups in total. The van der Waals surface area contributed by atoms with Crippen molar-refractivity contribution >= 4 is 21.8 Å². The third-order valence-electron chi connectivity index (χ3n) is 3.51. The number of nitrogens with zero attached hydrogens (tertiary/aromatic N) is 1. The molecule has 1 aliphatic heterocycles. The molecule has 0 spiro atoms. The van der Waals surface area contributed by atoms with Crippen molar-refractivity contribution in [2.75, 3.05) is 26.9 Å². The van der Waals surface area contributed by atoms with Gasteiger partial charge in [0.25, 0.3) is 5.91 Å². The molecule has 0 saturated carbocycles. The Morgan fingerprint density at radius 1 is 1.68 bits per heavy atom. The number of rotatable bonds is 5. The van der Waals surface area contributed by atoms with Crippen molar-refractivity contribution in [1.82, 2.24) is 9.88 Å². The number of hydrogen-bond donors (Lipinski definition) is 1. The van der Waals surface area contributed by atoms with E-state index in [1.807, 2.05) is 23.8 Å². The van der Waals surface area contributed by atoms with Crippen molar-refractivity contribution in [2.45, 2.75) is 25.5 Å². The number of aryl methyl sites for hydroxylation is 1. The summed E-state index contributed by atoms with van der Waals surface area (Å²) in [7, 11) is 1.66. The zero-order chi connectivity index (χ0) is 13.9. The molecular weight excluding hydrogens is 312 g/mol. The zero-order valence-corrected chi connectivity index (χ0v) is 12.8. The summed E-state index contributed by atoms with van der Waals surface area (Å²) in [5.74, 6) is -0.0872. The standard InChI is InChI=1S/C13H19BrN2O3/c1-3-16-7-10(14)6-11(16)12(17)15-8-13(18-2)4-5-19-9-13/h6-7H,3-5,8-9H2,1-2H3,(H,15,17). The Kier molecular flexibility index (Phi) is 4.65. The van der Waals surface area contributed by atoms with E-state index < -0.39 is 0 Å². The van der Waals surface area contributed by atoms with Crippen LogP contribution in [-0.2, 0) is 16.0 Å². The molecule has 0 radical (unpaired) electrons. The van der Waals surface area contributed by atoms with E-state index in [1.54, 1.807) is 7.11 Å². The number of carbonyl (C=O) groups excluding carboxylic acids is 1. The van der Waals surface area contributed by atoms with Crippen LogP contribution in [0.25, 0.3) is 0 Å². The molecule has 1 amide bonds. The topological polar surface area (TPSA) is 52.5 Å². The van der Waals surface area contributed by atoms with E-state index in [9.17, 15) is 4.79 Å². The molecule has 1 aliphatic rings. The van der Waals surface area contributed by atoms with Crippen molar-refractivity contribution in [3.05, 3.63) is 22.4 Å². The maximum Gasteiger partial charge on any atom is 0.268 e. The van der Waals surface area contributed by atoms with Crippen LogP contribution in [0.1, 0.15) is 23.8 Å². The van der Waals surface area contributed by atoms with Crippen LogP contribution < -0.4 is 5.32 Å². The van der Waals surface area contributed by atoms with Gasteiger partial charge in [-0.3, -0.25) is 4.79 Å². The summed E-state index contributed by atoms with van der Waals surface area (Å²) >= 11 is 3.39. The fourth-order valence-electron chi connectivity index (χ4n) is 2.22. The molecule has 6 heteroatoms. The lowest BCUT2D eigenvalue weighted by Gasteiger charge is -2.25. The lowest BCUT2D eigenvalue weighted by molar-refractivity contribution is -0.0149. The molecule has 5 nitrogen and oxygen atoms in total. The number of ether oxygens (including phenoxy) is 2. The highest BCUT2D eigenvalue weighted by atomic mass is 79.9. The SMILES string of the molecule is CCn1cc(Br)cc1C(=O)NCC1(OC)CCOC1. The summed E-state index contributed by atoms with van der Waals surface area (Å²) in [5, 5.41) is 2.94. The second kappa shape index (κ2) is 6.07. The van der Waals surface area contributed by atoms with Crippen LogP contribution >= 0.6 is 15.9 Å². The predicted octanol–water partition coefficient (Wildman–Crippen LogP) is 1.81. The highest BCUT2D eigenvalue weighted by molar-refractivity contribution is 9.10. The smallest absolute Gasteiger partial charge is 0.268 e. The minimum atomic E-state index is -0.378. The van der Waals surface area contributed by atoms with Gasteiger partial charge in [0.15, 0.2) is 0 Å². The molecule has 0 aromatic carbocycles. The average Bonchev–Trinajstić information content (AvgIpc) is 3.03. The first-order valence-corrected chi connectivity index (χ1v) is 7.16. The Morgan fingerprint density at radius 3 is 3.05 bits per heavy atom. The van der Waals surface area contributed by atoms with Crippen LogP contribution in [0.4, 0.5) is 0 Å². The largest absolute Gasteiger partial charge is 0.378 e. The predicted molar refractivity (Wildman–Crippen MR) is 75.3 cm³/mol. The first-order valence-electron chi connectivity index (χ1n) is 6.37. The molecule has 1 saturated heterocycles. The van der Waals surface area contributed by atoms with E-state index in [4.69, 9.17) is 9.47 Å². The molecule has 1 aromatic rings. The van der Waals surface area contributed by atoms with Crippen LogP contribution in [0, 0.1) is 0 Å². The van der Waals surface area contributed by atoms with Crippen molar-refractivity contribution in [2.24, 2.45) is 0 Å². The van der Waals surface area contributed by atoms with Gasteiger partial charge >= 0.3 is 0 Å². The van der Waals surface area contributed by atoms with E-state index in [2.05, 4.69) is 21.2 Å². The number of nitrogens with one attached hydrogen (secondary N) is 1. The fourth-order valence-corrected chi connectivity index (χ4v) is 2.68. The van der Waals surface area contributed by atoms with Gasteiger partial charge in [-0.25, -0.2) is 0 Å². The van der Waals surface area contributed by atoms with Gasteiger partial charge < -0.3 is 19.4 Å². The van der Waals surface area contributed by atoms with E-state index in [1.165, 1.54) is 0 Å². The maximum absolute atomic E-state index is 12.2. The molecule has 2 heterocycles. The van der Waals surface area contributed by atoms with Crippen LogP contribution in [0.15, 0.2) is 16.7 Å². The summed E-state index contributed by atoms with van der Waals surface area (Å²) in [6.45, 7) is 4.44. The van der Waals surface area contributed by atoms with Crippen LogP contribution in [0.3, 0.4) is 0 Å². The Labute approximate surface area is 121 Å². The molecule has 0 bridgehead atoms. The van der Waals surface area contributed by atoms with E-state index >= 15 is 0 Å². The molecular formula is C13H19BrN2O3. The Hall–Kier alpha value is -0.850. The van der Waals surface area contributed by atoms with Gasteiger partial charge in [0.1, 0.15) is 11.3 Å². The Balaban J connectivity index is 2.01. The van der Waals surface area contributed by atoms with Gasteiger partial charge in [0.2, 0.25) is 0 Å². The molecule has 2 rings (SSSR count). The van der Waals surface area contributed by atoms with Crippen LogP contribution in [0.5, 0.6) is 0 Å². The maximum atomic E-state index is 12.2. The van der Waals surface area contributed by atoms with Crippen molar-refractivity contribution in [1.29, 1.82) is 0 Å². The highest BCUT2D eigenvalue weighted by Gasteiger charge is 2.35. The third kappa shape index (κ3) is 3.19. The van der Waals surface area contributed by atoms with Crippen molar-refractivity contribution in [3.63, 3.8) is 0 Å². The van der Waals surface area contributed by atoms with E-state index in [-0.39, 0.29) is 11.5 Å². The Bertz CT molecular complexity index is 453. The normalized spacial score (nSPS) is 22.7. The molecule has 0 aliphatic carbocycles. The second-order valence-electron chi connectivity index (χ2n) is 4.70. The lowest BCUT2D eigenvalue weighted by atomic mass is 10.0. The van der Waals surface area contributed by atoms with Crippen molar-refractivity contribution in [3.8, 4) is 0 Å². The summed E-state index contributed by atoms with van der Waals surface area (Å²) in [6.07, 6.45) is 2.71. The summed E-state index contributed by atoms with van der Waals surface area (Å²) in [5.41, 5.74) is 0.274. The van der Waals surface area contributed by atoms with Gasteiger partial charge in [0.05, 0.1) is 6.61 Å². The van der Waals surface area contributed by atoms with Gasteiger partial charge in [0, 0.05) is 43.9 Å². The van der Waals surface area contributed by atoms with Gasteiger partial charge in [-0.05, 0) is 28.9 Å². The highest BCUT2D eigenvalue weighted by Crippen LogP contribution is 2.22. The van der Waals surface area contributed by atoms with E-state index in [0.29, 0.717) is 25.5 Å². The fraction of sp³-hybridized carbons (Fsp3) is 0.615.